The van der Waals surface area contributed by atoms with Gasteiger partial charge in [-0.15, -0.1) is 0 Å². The molecule has 4 aliphatic carbocycles. The molecular weight excluding hydrogens is 430 g/mol. The molecule has 0 aliphatic heterocycles. The van der Waals surface area contributed by atoms with Crippen molar-refractivity contribution < 1.29 is 10.2 Å². The molecule has 0 heterocycles. The van der Waals surface area contributed by atoms with Crippen LogP contribution in [0.15, 0.2) is 0 Å². The molecule has 0 amide bonds. The van der Waals surface area contributed by atoms with Crippen molar-refractivity contribution in [3.63, 3.8) is 0 Å². The van der Waals surface area contributed by atoms with Crippen molar-refractivity contribution in [2.75, 3.05) is 0 Å². The summed E-state index contributed by atoms with van der Waals surface area (Å²) in [5, 5.41) is 22.1. The molecule has 0 spiro atoms. The van der Waals surface area contributed by atoms with Crippen LogP contribution < -0.4 is 0 Å². The monoisotopic (exact) mass is 466 g/mol. The van der Waals surface area contributed by atoms with Gasteiger partial charge in [-0.2, -0.15) is 0 Å². The second-order valence-corrected chi connectivity index (χ2v) is 18.2. The van der Waals surface area contributed by atoms with Gasteiger partial charge in [0.25, 0.3) is 0 Å². The number of rotatable bonds is 3. The van der Waals surface area contributed by atoms with Crippen LogP contribution in [0.25, 0.3) is 0 Å². The van der Waals surface area contributed by atoms with Crippen LogP contribution in [-0.4, -0.2) is 47.7 Å². The van der Waals surface area contributed by atoms with Gasteiger partial charge < -0.3 is 0 Å². The van der Waals surface area contributed by atoms with E-state index in [1.807, 2.05) is 0 Å². The number of hydrogen-bond donors (Lipinski definition) is 2. The second-order valence-electron chi connectivity index (χ2n) is 10.8. The van der Waals surface area contributed by atoms with E-state index in [0.717, 1.165) is 36.5 Å². The summed E-state index contributed by atoms with van der Waals surface area (Å²) >= 11 is 1.00. The van der Waals surface area contributed by atoms with Gasteiger partial charge in [0.2, 0.25) is 0 Å². The van der Waals surface area contributed by atoms with Crippen LogP contribution in [0.5, 0.6) is 0 Å². The van der Waals surface area contributed by atoms with Gasteiger partial charge in [-0.3, -0.25) is 0 Å². The van der Waals surface area contributed by atoms with Gasteiger partial charge in [-0.1, -0.05) is 0 Å². The SMILES string of the molecule is CC1(C)[C@@H]2C[C@H]([Se][Se][C@H]3C[C@@H]4[C@H](C[C@]3(C)O)C4(C)C)[C@@](C)(O)C[C@@H]21. The molecule has 0 bridgehead atoms. The van der Waals surface area contributed by atoms with Gasteiger partial charge in [-0.05, 0) is 0 Å². The fraction of sp³-hybridized carbons (Fsp3) is 1.00. The third kappa shape index (κ3) is 2.71. The molecule has 4 fully saturated rings. The van der Waals surface area contributed by atoms with Gasteiger partial charge in [-0.25, -0.2) is 0 Å². The van der Waals surface area contributed by atoms with E-state index in [1.165, 1.54) is 12.8 Å². The van der Waals surface area contributed by atoms with Crippen molar-refractivity contribution in [3.8, 4) is 0 Å². The first-order valence-electron chi connectivity index (χ1n) is 9.64. The zero-order valence-corrected chi connectivity index (χ0v) is 19.4. The van der Waals surface area contributed by atoms with E-state index in [9.17, 15) is 10.2 Å². The first-order valence-corrected chi connectivity index (χ1v) is 16.0. The Bertz CT molecular complexity index is 492. The van der Waals surface area contributed by atoms with E-state index >= 15 is 0 Å². The van der Waals surface area contributed by atoms with Gasteiger partial charge in [0.15, 0.2) is 0 Å². The van der Waals surface area contributed by atoms with Crippen molar-refractivity contribution in [3.05, 3.63) is 0 Å². The maximum absolute atomic E-state index is 11.0. The molecule has 4 aliphatic rings. The molecule has 24 heavy (non-hydrogen) atoms. The predicted molar refractivity (Wildman–Crippen MR) is 100 cm³/mol. The molecule has 0 aromatic heterocycles. The van der Waals surface area contributed by atoms with Gasteiger partial charge >= 0.3 is 159 Å². The van der Waals surface area contributed by atoms with E-state index in [4.69, 9.17) is 0 Å². The van der Waals surface area contributed by atoms with Crippen molar-refractivity contribution in [2.45, 2.75) is 88.1 Å². The molecule has 0 aromatic carbocycles. The Hall–Kier alpha value is 0.959. The quantitative estimate of drug-likeness (QED) is 0.628. The van der Waals surface area contributed by atoms with Crippen molar-refractivity contribution in [1.82, 2.24) is 0 Å². The average Bonchev–Trinajstić information content (AvgIpc) is 3.15. The summed E-state index contributed by atoms with van der Waals surface area (Å²) in [7, 11) is 0. The molecule has 4 rings (SSSR count). The average molecular weight is 464 g/mol. The van der Waals surface area contributed by atoms with Crippen LogP contribution in [0.1, 0.15) is 67.2 Å². The third-order valence-corrected chi connectivity index (χ3v) is 18.9. The van der Waals surface area contributed by atoms with Crippen molar-refractivity contribution >= 4 is 26.3 Å². The first kappa shape index (κ1) is 18.3. The second kappa shape index (κ2) is 5.27. The fourth-order valence-corrected chi connectivity index (χ4v) is 18.2. The summed E-state index contributed by atoms with van der Waals surface area (Å²) in [6.45, 7) is 13.7. The zero-order chi connectivity index (χ0) is 17.7. The maximum atomic E-state index is 11.0. The minimum atomic E-state index is -0.460. The van der Waals surface area contributed by atoms with Gasteiger partial charge in [0.05, 0.1) is 0 Å². The Balaban J connectivity index is 1.39. The molecule has 2 nitrogen and oxygen atoms in total. The minimum absolute atomic E-state index is 0.460. The van der Waals surface area contributed by atoms with Gasteiger partial charge in [0, 0.05) is 0 Å². The Morgan fingerprint density at radius 2 is 0.958 bits per heavy atom. The normalized spacial score (nSPS) is 57.0. The summed E-state index contributed by atoms with van der Waals surface area (Å²) in [5.74, 6) is 3.19. The van der Waals surface area contributed by atoms with Crippen LogP contribution in [0.3, 0.4) is 0 Å². The van der Waals surface area contributed by atoms with E-state index in [-0.39, 0.29) is 0 Å². The number of aliphatic hydroxyl groups is 2. The van der Waals surface area contributed by atoms with Crippen LogP contribution in [0.4, 0.5) is 0 Å². The van der Waals surface area contributed by atoms with Crippen molar-refractivity contribution in [1.29, 1.82) is 0 Å². The zero-order valence-electron chi connectivity index (χ0n) is 16.0. The van der Waals surface area contributed by atoms with E-state index in [0.29, 0.717) is 46.7 Å². The molecule has 8 atom stereocenters. The molecule has 2 N–H and O–H groups in total. The Morgan fingerprint density at radius 3 is 1.29 bits per heavy atom. The molecular formula is C20H34O2Se2. The molecule has 0 radical (unpaired) electrons. The predicted octanol–water partition coefficient (Wildman–Crippen LogP) is 3.52. The summed E-state index contributed by atoms with van der Waals surface area (Å²) in [6, 6.07) is 0. The molecule has 4 saturated carbocycles. The number of hydrogen-bond acceptors (Lipinski definition) is 2. The summed E-state index contributed by atoms with van der Waals surface area (Å²) in [5.41, 5.74) is 0.00398. The van der Waals surface area contributed by atoms with E-state index in [1.54, 1.807) is 0 Å². The topological polar surface area (TPSA) is 40.5 Å². The van der Waals surface area contributed by atoms with Crippen LogP contribution in [-0.2, 0) is 0 Å². The standard InChI is InChI=1S/C20H34O2Se2/c1-17(2)11-7-15(19(5,21)9-13(11)17)23-24-16-8-12-14(18(12,3)4)10-20(16,6)22/h11-16,21-22H,7-10H2,1-6H3/t11-,12-,13+,14+,15+,16+,19+,20+/m1/s1. The Labute approximate surface area is 158 Å². The molecule has 0 aromatic rings. The molecule has 4 heteroatoms. The van der Waals surface area contributed by atoms with Gasteiger partial charge in [0.1, 0.15) is 0 Å². The van der Waals surface area contributed by atoms with Crippen molar-refractivity contribution in [2.24, 2.45) is 34.5 Å². The summed E-state index contributed by atoms with van der Waals surface area (Å²) in [4.78, 5) is 1.02. The molecule has 138 valence electrons. The molecule has 0 unspecified atom stereocenters. The summed E-state index contributed by atoms with van der Waals surface area (Å²) in [6.07, 6.45) is 4.48. The molecule has 0 saturated heterocycles. The Morgan fingerprint density at radius 1 is 0.625 bits per heavy atom. The van der Waals surface area contributed by atoms with Crippen LogP contribution in [0, 0.1) is 34.5 Å². The number of fused-ring (bicyclic) bond motifs is 2. The fourth-order valence-electron chi connectivity index (χ4n) is 6.00. The van der Waals surface area contributed by atoms with E-state index in [2.05, 4.69) is 41.5 Å². The Kier molecular flexibility index (Phi) is 4.02. The van der Waals surface area contributed by atoms with E-state index < -0.39 is 11.2 Å². The van der Waals surface area contributed by atoms with Crippen LogP contribution in [0.2, 0.25) is 9.63 Å². The first-order chi connectivity index (χ1) is 10.9. The van der Waals surface area contributed by atoms with Crippen LogP contribution >= 0.6 is 0 Å². The summed E-state index contributed by atoms with van der Waals surface area (Å²) < 4.78 is 0. The third-order valence-electron chi connectivity index (χ3n) is 8.45.